The Kier molecular flexibility index (Phi) is 8.35. The summed E-state index contributed by atoms with van der Waals surface area (Å²) in [5, 5.41) is 26.6. The average molecular weight is 525 g/mol. The molecule has 38 heavy (non-hydrogen) atoms. The fraction of sp³-hybridized carbons (Fsp3) is 0.481. The lowest BCUT2D eigenvalue weighted by Crippen LogP contribution is -2.57. The molecule has 0 radical (unpaired) electrons. The third-order valence-electron chi connectivity index (χ3n) is 7.08. The van der Waals surface area contributed by atoms with Crippen LogP contribution in [0.15, 0.2) is 42.9 Å². The number of ether oxygens (including phenoxy) is 1. The number of nitrogens with zero attached hydrogens (tertiary/aromatic N) is 2. The lowest BCUT2D eigenvalue weighted by atomic mass is 9.89. The molecule has 1 saturated heterocycles. The number of Topliss-reactive ketones (excluding diaryl/α,β-unsaturated/α-hetero) is 1. The minimum absolute atomic E-state index is 0.107. The standard InChI is InChI=1S/C27H32N4O7/c1-14-11-20(33)24(17-7-8-17)38-27(37)15(2)23(34)18(12-16-5-3-9-28-13-16)30-25(35)21(14)31-26(36)22-19(32)6-4-10-29-22/h3-6,9-10,13-15,17-18,21,23-24,32,34H,7-8,11-12H2,1-2H3,(H,30,35)(H,31,36)/t14-,15+,18-,21-,23-,24?/m0/s1. The number of esters is 1. The predicted molar refractivity (Wildman–Crippen MR) is 134 cm³/mol. The predicted octanol–water partition coefficient (Wildman–Crippen LogP) is 0.936. The molecule has 202 valence electrons. The van der Waals surface area contributed by atoms with Crippen molar-refractivity contribution in [3.63, 3.8) is 0 Å². The van der Waals surface area contributed by atoms with Gasteiger partial charge in [-0.05, 0) is 55.9 Å². The molecule has 6 atom stereocenters. The van der Waals surface area contributed by atoms with Crippen molar-refractivity contribution < 1.29 is 34.1 Å². The normalized spacial score (nSPS) is 28.9. The Morgan fingerprint density at radius 3 is 2.55 bits per heavy atom. The molecule has 2 aromatic rings. The second-order valence-corrected chi connectivity index (χ2v) is 10.1. The Labute approximate surface area is 220 Å². The van der Waals surface area contributed by atoms with E-state index in [4.69, 9.17) is 4.74 Å². The summed E-state index contributed by atoms with van der Waals surface area (Å²) in [5.41, 5.74) is 0.442. The number of pyridine rings is 2. The summed E-state index contributed by atoms with van der Waals surface area (Å²) in [4.78, 5) is 60.7. The number of aliphatic hydroxyl groups excluding tert-OH is 1. The summed E-state index contributed by atoms with van der Waals surface area (Å²) in [6, 6.07) is 4.11. The van der Waals surface area contributed by atoms with Crippen LogP contribution in [0.5, 0.6) is 5.75 Å². The summed E-state index contributed by atoms with van der Waals surface area (Å²) in [6.45, 7) is 3.12. The van der Waals surface area contributed by atoms with E-state index < -0.39 is 53.9 Å². The van der Waals surface area contributed by atoms with Gasteiger partial charge in [0.15, 0.2) is 17.6 Å². The maximum atomic E-state index is 13.6. The summed E-state index contributed by atoms with van der Waals surface area (Å²) < 4.78 is 5.61. The molecule has 2 amide bonds. The van der Waals surface area contributed by atoms with E-state index >= 15 is 0 Å². The van der Waals surface area contributed by atoms with Crippen molar-refractivity contribution in [1.29, 1.82) is 0 Å². The number of nitrogens with one attached hydrogen (secondary N) is 2. The number of carbonyl (C=O) groups is 4. The van der Waals surface area contributed by atoms with Gasteiger partial charge in [-0.1, -0.05) is 13.0 Å². The van der Waals surface area contributed by atoms with E-state index in [0.29, 0.717) is 5.56 Å². The van der Waals surface area contributed by atoms with Crippen LogP contribution in [0.4, 0.5) is 0 Å². The molecule has 2 aliphatic rings. The highest BCUT2D eigenvalue weighted by molar-refractivity contribution is 5.98. The van der Waals surface area contributed by atoms with Crippen LogP contribution in [-0.2, 0) is 25.5 Å². The fourth-order valence-electron chi connectivity index (χ4n) is 4.65. The number of aromatic nitrogens is 2. The average Bonchev–Trinajstić information content (AvgIpc) is 3.74. The lowest BCUT2D eigenvalue weighted by Gasteiger charge is -2.33. The number of ketones is 1. The van der Waals surface area contributed by atoms with Gasteiger partial charge in [0.05, 0.1) is 18.1 Å². The van der Waals surface area contributed by atoms with Crippen LogP contribution in [0.25, 0.3) is 0 Å². The van der Waals surface area contributed by atoms with Crippen LogP contribution >= 0.6 is 0 Å². The Bertz CT molecular complexity index is 1190. The number of aliphatic hydroxyl groups is 1. The summed E-state index contributed by atoms with van der Waals surface area (Å²) in [6.07, 6.45) is 3.67. The van der Waals surface area contributed by atoms with E-state index in [9.17, 15) is 29.4 Å². The SMILES string of the molecule is C[C@H]1CC(=O)C(C2CC2)OC(=O)[C@H](C)[C@H](O)[C@H](Cc2cccnc2)NC(=O)[C@H]1NC(=O)c1ncccc1O. The van der Waals surface area contributed by atoms with Crippen molar-refractivity contribution in [3.8, 4) is 5.75 Å². The van der Waals surface area contributed by atoms with E-state index in [1.54, 1.807) is 31.5 Å². The molecular weight excluding hydrogens is 492 g/mol. The molecular formula is C27H32N4O7. The Hall–Kier alpha value is -3.86. The molecule has 4 N–H and O–H groups in total. The van der Waals surface area contributed by atoms with Crippen LogP contribution < -0.4 is 10.6 Å². The van der Waals surface area contributed by atoms with Gasteiger partial charge in [0.25, 0.3) is 5.91 Å². The second-order valence-electron chi connectivity index (χ2n) is 10.1. The third kappa shape index (κ3) is 6.34. The molecule has 0 aromatic carbocycles. The Balaban J connectivity index is 1.66. The van der Waals surface area contributed by atoms with Crippen molar-refractivity contribution in [2.75, 3.05) is 0 Å². The van der Waals surface area contributed by atoms with Crippen molar-refractivity contribution in [3.05, 3.63) is 54.1 Å². The molecule has 3 heterocycles. The first-order valence-corrected chi connectivity index (χ1v) is 12.7. The van der Waals surface area contributed by atoms with Crippen molar-refractivity contribution in [2.45, 2.75) is 63.8 Å². The van der Waals surface area contributed by atoms with Crippen molar-refractivity contribution >= 4 is 23.6 Å². The van der Waals surface area contributed by atoms with E-state index in [1.807, 2.05) is 0 Å². The molecule has 11 nitrogen and oxygen atoms in total. The topological polar surface area (TPSA) is 168 Å². The zero-order chi connectivity index (χ0) is 27.4. The molecule has 4 rings (SSSR count). The molecule has 1 unspecified atom stereocenters. The zero-order valence-corrected chi connectivity index (χ0v) is 21.2. The van der Waals surface area contributed by atoms with Crippen molar-refractivity contribution in [1.82, 2.24) is 20.6 Å². The summed E-state index contributed by atoms with van der Waals surface area (Å²) >= 11 is 0. The molecule has 1 aliphatic carbocycles. The molecule has 11 heteroatoms. The number of carbonyl (C=O) groups excluding carboxylic acids is 4. The van der Waals surface area contributed by atoms with Gasteiger partial charge in [-0.25, -0.2) is 4.98 Å². The molecule has 1 aliphatic heterocycles. The van der Waals surface area contributed by atoms with E-state index in [1.165, 1.54) is 25.3 Å². The quantitative estimate of drug-likeness (QED) is 0.416. The smallest absolute Gasteiger partial charge is 0.312 e. The van der Waals surface area contributed by atoms with Gasteiger partial charge in [-0.15, -0.1) is 0 Å². The molecule has 2 fully saturated rings. The van der Waals surface area contributed by atoms with Crippen LogP contribution in [-0.4, -0.2) is 68.0 Å². The number of hydrogen-bond donors (Lipinski definition) is 4. The fourth-order valence-corrected chi connectivity index (χ4v) is 4.65. The minimum Gasteiger partial charge on any atom is -0.505 e. The first-order valence-electron chi connectivity index (χ1n) is 12.7. The number of cyclic esters (lactones) is 1. The number of aromatic hydroxyl groups is 1. The maximum Gasteiger partial charge on any atom is 0.312 e. The maximum absolute atomic E-state index is 13.6. The largest absolute Gasteiger partial charge is 0.505 e. The van der Waals surface area contributed by atoms with Gasteiger partial charge in [0.2, 0.25) is 5.91 Å². The van der Waals surface area contributed by atoms with E-state index in [0.717, 1.165) is 12.8 Å². The molecule has 1 saturated carbocycles. The third-order valence-corrected chi connectivity index (χ3v) is 7.08. The molecule has 2 aromatic heterocycles. The van der Waals surface area contributed by atoms with Gasteiger partial charge in [-0.2, -0.15) is 0 Å². The Morgan fingerprint density at radius 2 is 1.89 bits per heavy atom. The molecule has 0 spiro atoms. The van der Waals surface area contributed by atoms with Crippen LogP contribution in [0.1, 0.15) is 49.2 Å². The van der Waals surface area contributed by atoms with Crippen LogP contribution in [0.3, 0.4) is 0 Å². The monoisotopic (exact) mass is 524 g/mol. The van der Waals surface area contributed by atoms with Gasteiger partial charge in [-0.3, -0.25) is 24.2 Å². The zero-order valence-electron chi connectivity index (χ0n) is 21.2. The van der Waals surface area contributed by atoms with Gasteiger partial charge in [0, 0.05) is 30.9 Å². The van der Waals surface area contributed by atoms with E-state index in [2.05, 4.69) is 20.6 Å². The number of hydrogen-bond acceptors (Lipinski definition) is 9. The van der Waals surface area contributed by atoms with Crippen LogP contribution in [0, 0.1) is 17.8 Å². The van der Waals surface area contributed by atoms with Gasteiger partial charge < -0.3 is 25.6 Å². The number of amides is 2. The highest BCUT2D eigenvalue weighted by Crippen LogP contribution is 2.36. The first-order chi connectivity index (χ1) is 18.2. The van der Waals surface area contributed by atoms with E-state index in [-0.39, 0.29) is 36.0 Å². The van der Waals surface area contributed by atoms with Crippen molar-refractivity contribution in [2.24, 2.45) is 17.8 Å². The lowest BCUT2D eigenvalue weighted by molar-refractivity contribution is -0.164. The molecule has 0 bridgehead atoms. The summed E-state index contributed by atoms with van der Waals surface area (Å²) in [5.74, 6) is -4.71. The van der Waals surface area contributed by atoms with Gasteiger partial charge >= 0.3 is 5.97 Å². The first kappa shape index (κ1) is 27.2. The highest BCUT2D eigenvalue weighted by Gasteiger charge is 2.44. The van der Waals surface area contributed by atoms with Gasteiger partial charge in [0.1, 0.15) is 11.8 Å². The highest BCUT2D eigenvalue weighted by atomic mass is 16.5. The number of rotatable bonds is 5. The Morgan fingerprint density at radius 1 is 1.16 bits per heavy atom. The second kappa shape index (κ2) is 11.7. The minimum atomic E-state index is -1.35. The summed E-state index contributed by atoms with van der Waals surface area (Å²) in [7, 11) is 0. The van der Waals surface area contributed by atoms with Crippen LogP contribution in [0.2, 0.25) is 0 Å².